The van der Waals surface area contributed by atoms with Gasteiger partial charge >= 0.3 is 7.12 Å². The minimum atomic E-state index is -1.48. The van der Waals surface area contributed by atoms with Crippen molar-refractivity contribution in [3.8, 4) is 5.75 Å². The van der Waals surface area contributed by atoms with E-state index in [1.165, 1.54) is 19.0 Å². The van der Waals surface area contributed by atoms with Crippen LogP contribution in [0.3, 0.4) is 0 Å². The van der Waals surface area contributed by atoms with Gasteiger partial charge in [-0.2, -0.15) is 0 Å². The summed E-state index contributed by atoms with van der Waals surface area (Å²) in [5, 5.41) is 17.8. The molecule has 1 heterocycles. The first kappa shape index (κ1) is 9.49. The minimum absolute atomic E-state index is 0.360. The molecule has 0 saturated heterocycles. The Morgan fingerprint density at radius 2 is 2.21 bits per heavy atom. The van der Waals surface area contributed by atoms with E-state index in [0.29, 0.717) is 23.7 Å². The summed E-state index contributed by atoms with van der Waals surface area (Å²) in [7, 11) is -1.48. The number of hydrogen-bond donors (Lipinski definition) is 2. The summed E-state index contributed by atoms with van der Waals surface area (Å²) in [6.45, 7) is 0.701. The van der Waals surface area contributed by atoms with E-state index in [4.69, 9.17) is 14.8 Å². The Labute approximate surface area is 82.7 Å². The molecule has 0 unspecified atom stereocenters. The molecule has 1 saturated carbocycles. The lowest BCUT2D eigenvalue weighted by molar-refractivity contribution is 0.298. The third kappa shape index (κ3) is 2.46. The maximum Gasteiger partial charge on any atom is 0.490 e. The zero-order valence-corrected chi connectivity index (χ0v) is 7.76. The Balaban J connectivity index is 1.97. The van der Waals surface area contributed by atoms with E-state index in [0.717, 1.165) is 0 Å². The molecule has 0 amide bonds. The summed E-state index contributed by atoms with van der Waals surface area (Å²) >= 11 is 0. The van der Waals surface area contributed by atoms with Gasteiger partial charge in [0.1, 0.15) is 5.75 Å². The number of pyridine rings is 1. The summed E-state index contributed by atoms with van der Waals surface area (Å²) in [6, 6.07) is 1.60. The number of aromatic nitrogens is 1. The van der Waals surface area contributed by atoms with E-state index in [9.17, 15) is 0 Å². The number of nitrogens with zero attached hydrogens (tertiary/aromatic N) is 1. The van der Waals surface area contributed by atoms with Crippen LogP contribution in [-0.4, -0.2) is 28.8 Å². The van der Waals surface area contributed by atoms with E-state index in [-0.39, 0.29) is 0 Å². The molecule has 1 aliphatic carbocycles. The van der Waals surface area contributed by atoms with E-state index >= 15 is 0 Å². The molecule has 1 aromatic rings. The topological polar surface area (TPSA) is 62.6 Å². The van der Waals surface area contributed by atoms with Crippen LogP contribution in [0.4, 0.5) is 0 Å². The summed E-state index contributed by atoms with van der Waals surface area (Å²) < 4.78 is 5.44. The van der Waals surface area contributed by atoms with Gasteiger partial charge in [-0.15, -0.1) is 0 Å². The van der Waals surface area contributed by atoms with E-state index in [1.807, 2.05) is 0 Å². The van der Waals surface area contributed by atoms with Gasteiger partial charge in [0.2, 0.25) is 0 Å². The molecule has 14 heavy (non-hydrogen) atoms. The van der Waals surface area contributed by atoms with Crippen LogP contribution >= 0.6 is 0 Å². The number of rotatable bonds is 4. The Morgan fingerprint density at radius 3 is 2.86 bits per heavy atom. The minimum Gasteiger partial charge on any atom is -0.492 e. The van der Waals surface area contributed by atoms with Gasteiger partial charge in [-0.1, -0.05) is 0 Å². The van der Waals surface area contributed by atoms with Gasteiger partial charge in [-0.3, -0.25) is 4.98 Å². The average Bonchev–Trinajstić information content (AvgIpc) is 2.99. The van der Waals surface area contributed by atoms with Crippen molar-refractivity contribution in [2.45, 2.75) is 12.8 Å². The second kappa shape index (κ2) is 3.98. The van der Waals surface area contributed by atoms with Crippen LogP contribution in [-0.2, 0) is 0 Å². The number of hydrogen-bond acceptors (Lipinski definition) is 4. The van der Waals surface area contributed by atoms with Crippen LogP contribution in [0.5, 0.6) is 5.75 Å². The monoisotopic (exact) mass is 193 g/mol. The summed E-state index contributed by atoms with van der Waals surface area (Å²) in [5.74, 6) is 1.28. The maximum atomic E-state index is 8.90. The summed E-state index contributed by atoms with van der Waals surface area (Å²) in [6.07, 6.45) is 5.45. The van der Waals surface area contributed by atoms with Gasteiger partial charge in [0.15, 0.2) is 0 Å². The SMILES string of the molecule is OB(O)c1cncc(OCC2CC2)c1. The van der Waals surface area contributed by atoms with Crippen LogP contribution in [0, 0.1) is 5.92 Å². The largest absolute Gasteiger partial charge is 0.492 e. The van der Waals surface area contributed by atoms with Gasteiger partial charge in [-0.25, -0.2) is 0 Å². The van der Waals surface area contributed by atoms with Crippen molar-refractivity contribution in [1.29, 1.82) is 0 Å². The Morgan fingerprint density at radius 1 is 1.43 bits per heavy atom. The van der Waals surface area contributed by atoms with Crippen LogP contribution < -0.4 is 10.2 Å². The maximum absolute atomic E-state index is 8.90. The average molecular weight is 193 g/mol. The first-order valence-electron chi connectivity index (χ1n) is 4.69. The zero-order valence-electron chi connectivity index (χ0n) is 7.76. The molecule has 2 N–H and O–H groups in total. The zero-order chi connectivity index (χ0) is 9.97. The summed E-state index contributed by atoms with van der Waals surface area (Å²) in [5.41, 5.74) is 0.360. The highest BCUT2D eigenvalue weighted by Crippen LogP contribution is 2.29. The van der Waals surface area contributed by atoms with Gasteiger partial charge in [0.05, 0.1) is 12.8 Å². The molecule has 2 rings (SSSR count). The molecular formula is C9H12BNO3. The lowest BCUT2D eigenvalue weighted by atomic mass is 9.82. The predicted molar refractivity (Wildman–Crippen MR) is 52.3 cm³/mol. The van der Waals surface area contributed by atoms with Gasteiger partial charge in [0.25, 0.3) is 0 Å². The van der Waals surface area contributed by atoms with E-state index in [2.05, 4.69) is 4.98 Å². The Bertz CT molecular complexity index is 315. The fourth-order valence-electron chi connectivity index (χ4n) is 1.15. The first-order valence-corrected chi connectivity index (χ1v) is 4.69. The van der Waals surface area contributed by atoms with Crippen LogP contribution in [0.25, 0.3) is 0 Å². The van der Waals surface area contributed by atoms with Crippen molar-refractivity contribution >= 4 is 12.6 Å². The van der Waals surface area contributed by atoms with Crippen LogP contribution in [0.15, 0.2) is 18.5 Å². The van der Waals surface area contributed by atoms with E-state index in [1.54, 1.807) is 12.3 Å². The lowest BCUT2D eigenvalue weighted by Gasteiger charge is -2.05. The van der Waals surface area contributed by atoms with Crippen molar-refractivity contribution in [3.05, 3.63) is 18.5 Å². The third-order valence-electron chi connectivity index (χ3n) is 2.22. The summed E-state index contributed by atoms with van der Waals surface area (Å²) in [4.78, 5) is 3.86. The normalized spacial score (nSPS) is 15.3. The predicted octanol–water partition coefficient (Wildman–Crippen LogP) is -0.450. The Kier molecular flexibility index (Phi) is 2.70. The molecule has 1 aromatic heterocycles. The van der Waals surface area contributed by atoms with Gasteiger partial charge in [-0.05, 0) is 24.8 Å². The Hall–Kier alpha value is -1.07. The van der Waals surface area contributed by atoms with E-state index < -0.39 is 7.12 Å². The molecule has 0 aromatic carbocycles. The van der Waals surface area contributed by atoms with Gasteiger partial charge in [0, 0.05) is 11.7 Å². The van der Waals surface area contributed by atoms with Crippen molar-refractivity contribution in [3.63, 3.8) is 0 Å². The fraction of sp³-hybridized carbons (Fsp3) is 0.444. The molecule has 0 bridgehead atoms. The van der Waals surface area contributed by atoms with Crippen LogP contribution in [0.1, 0.15) is 12.8 Å². The second-order valence-corrected chi connectivity index (χ2v) is 3.58. The molecule has 5 heteroatoms. The highest BCUT2D eigenvalue weighted by atomic mass is 16.5. The molecule has 74 valence electrons. The standard InChI is InChI=1S/C9H12BNO3/c12-10(13)8-3-9(5-11-4-8)14-6-7-1-2-7/h3-5,7,12-13H,1-2,6H2. The van der Waals surface area contributed by atoms with Crippen molar-refractivity contribution < 1.29 is 14.8 Å². The molecule has 0 spiro atoms. The van der Waals surface area contributed by atoms with Gasteiger partial charge < -0.3 is 14.8 Å². The molecule has 1 aliphatic rings. The number of ether oxygens (including phenoxy) is 1. The molecule has 1 fully saturated rings. The molecule has 0 atom stereocenters. The van der Waals surface area contributed by atoms with Crippen LogP contribution in [0.2, 0.25) is 0 Å². The molecular weight excluding hydrogens is 181 g/mol. The lowest BCUT2D eigenvalue weighted by Crippen LogP contribution is -2.30. The second-order valence-electron chi connectivity index (χ2n) is 3.58. The van der Waals surface area contributed by atoms with Crippen molar-refractivity contribution in [2.75, 3.05) is 6.61 Å². The highest BCUT2D eigenvalue weighted by Gasteiger charge is 2.22. The first-order chi connectivity index (χ1) is 6.75. The molecule has 0 radical (unpaired) electrons. The van der Waals surface area contributed by atoms with Crippen molar-refractivity contribution in [1.82, 2.24) is 4.98 Å². The highest BCUT2D eigenvalue weighted by molar-refractivity contribution is 6.58. The molecule has 4 nitrogen and oxygen atoms in total. The third-order valence-corrected chi connectivity index (χ3v) is 2.22. The quantitative estimate of drug-likeness (QED) is 0.635. The fourth-order valence-corrected chi connectivity index (χ4v) is 1.15. The molecule has 0 aliphatic heterocycles. The van der Waals surface area contributed by atoms with Crippen molar-refractivity contribution in [2.24, 2.45) is 5.92 Å². The smallest absolute Gasteiger partial charge is 0.490 e.